The zero-order chi connectivity index (χ0) is 35.6. The van der Waals surface area contributed by atoms with E-state index in [4.69, 9.17) is 19.4 Å². The summed E-state index contributed by atoms with van der Waals surface area (Å²) >= 11 is 0. The number of hydrogen-bond donors (Lipinski definition) is 0. The Morgan fingerprint density at radius 3 is 1.69 bits per heavy atom. The minimum atomic E-state index is 0.587. The lowest BCUT2D eigenvalue weighted by molar-refractivity contribution is 0.670. The molecule has 3 aromatic heterocycles. The molecular formula is C49H30N4O. The van der Waals surface area contributed by atoms with Gasteiger partial charge in [-0.05, 0) is 46.7 Å². The lowest BCUT2D eigenvalue weighted by atomic mass is 9.99. The Morgan fingerprint density at radius 2 is 0.944 bits per heavy atom. The van der Waals surface area contributed by atoms with Crippen LogP contribution in [0.2, 0.25) is 0 Å². The lowest BCUT2D eigenvalue weighted by Gasteiger charge is -2.12. The van der Waals surface area contributed by atoms with Crippen LogP contribution < -0.4 is 0 Å². The highest BCUT2D eigenvalue weighted by atomic mass is 16.3. The number of fused-ring (bicyclic) bond motifs is 7. The molecule has 0 radical (unpaired) electrons. The average molecular weight is 691 g/mol. The van der Waals surface area contributed by atoms with Crippen molar-refractivity contribution >= 4 is 54.5 Å². The van der Waals surface area contributed by atoms with Gasteiger partial charge in [-0.2, -0.15) is 0 Å². The molecule has 5 nitrogen and oxygen atoms in total. The second-order valence-electron chi connectivity index (χ2n) is 13.6. The SMILES string of the molecule is c1ccc(-c2nc(-c3cccc4ccccc34)nc(-c3cccc4oc5c(-c6ccccc6)cc(-n6c7ccccc7c7ccccc76)cc5c34)n2)cc1. The van der Waals surface area contributed by atoms with Gasteiger partial charge in [-0.25, -0.2) is 15.0 Å². The maximum atomic E-state index is 6.85. The molecule has 0 N–H and O–H groups in total. The number of para-hydroxylation sites is 2. The van der Waals surface area contributed by atoms with Crippen LogP contribution in [-0.2, 0) is 0 Å². The highest BCUT2D eigenvalue weighted by Crippen LogP contribution is 2.43. The summed E-state index contributed by atoms with van der Waals surface area (Å²) in [5, 5.41) is 6.60. The third-order valence-corrected chi connectivity index (χ3v) is 10.4. The van der Waals surface area contributed by atoms with Crippen molar-refractivity contribution in [2.24, 2.45) is 0 Å². The van der Waals surface area contributed by atoms with E-state index in [1.807, 2.05) is 48.5 Å². The quantitative estimate of drug-likeness (QED) is 0.180. The number of furan rings is 1. The molecule has 3 heterocycles. The molecule has 11 aromatic rings. The predicted molar refractivity (Wildman–Crippen MR) is 221 cm³/mol. The van der Waals surface area contributed by atoms with Crippen molar-refractivity contribution < 1.29 is 4.42 Å². The fraction of sp³-hybridized carbons (Fsp3) is 0. The van der Waals surface area contributed by atoms with E-state index in [2.05, 4.69) is 138 Å². The molecule has 11 rings (SSSR count). The van der Waals surface area contributed by atoms with Crippen LogP contribution in [0.25, 0.3) is 105 Å². The number of benzene rings is 8. The zero-order valence-corrected chi connectivity index (χ0v) is 29.0. The highest BCUT2D eigenvalue weighted by Gasteiger charge is 2.22. The first-order valence-electron chi connectivity index (χ1n) is 18.1. The maximum Gasteiger partial charge on any atom is 0.164 e. The highest BCUT2D eigenvalue weighted by molar-refractivity contribution is 6.16. The van der Waals surface area contributed by atoms with Crippen LogP contribution in [0.5, 0.6) is 0 Å². The van der Waals surface area contributed by atoms with Crippen molar-refractivity contribution in [3.63, 3.8) is 0 Å². The standard InChI is InChI=1S/C49H30N4O/c1-3-15-32(16-4-1)40-29-34(53-42-26-11-9-22-36(42)37-23-10-12-27-43(37)53)30-41-45-39(25-14-28-44(45)54-46(40)41)49-51-47(33-18-5-2-6-19-33)50-48(52-49)38-24-13-20-31-17-7-8-21-35(31)38/h1-30H. The van der Waals surface area contributed by atoms with E-state index < -0.39 is 0 Å². The maximum absolute atomic E-state index is 6.85. The van der Waals surface area contributed by atoms with Gasteiger partial charge < -0.3 is 8.98 Å². The summed E-state index contributed by atoms with van der Waals surface area (Å²) in [4.78, 5) is 15.5. The van der Waals surface area contributed by atoms with Crippen LogP contribution in [0.4, 0.5) is 0 Å². The van der Waals surface area contributed by atoms with Crippen LogP contribution in [0, 0.1) is 0 Å². The van der Waals surface area contributed by atoms with Gasteiger partial charge in [0.25, 0.3) is 0 Å². The van der Waals surface area contributed by atoms with Crippen LogP contribution in [0.1, 0.15) is 0 Å². The minimum absolute atomic E-state index is 0.587. The van der Waals surface area contributed by atoms with E-state index in [1.54, 1.807) is 0 Å². The van der Waals surface area contributed by atoms with Gasteiger partial charge in [0, 0.05) is 49.5 Å². The van der Waals surface area contributed by atoms with Gasteiger partial charge >= 0.3 is 0 Å². The van der Waals surface area contributed by atoms with Crippen LogP contribution in [0.3, 0.4) is 0 Å². The largest absolute Gasteiger partial charge is 0.455 e. The summed E-state index contributed by atoms with van der Waals surface area (Å²) in [6.07, 6.45) is 0. The molecule has 0 unspecified atom stereocenters. The average Bonchev–Trinajstić information content (AvgIpc) is 3.79. The van der Waals surface area contributed by atoms with Gasteiger partial charge in [-0.1, -0.05) is 152 Å². The number of rotatable bonds is 5. The topological polar surface area (TPSA) is 56.7 Å². The molecule has 252 valence electrons. The summed E-state index contributed by atoms with van der Waals surface area (Å²) in [6, 6.07) is 63.2. The molecule has 0 saturated heterocycles. The monoisotopic (exact) mass is 690 g/mol. The number of hydrogen-bond acceptors (Lipinski definition) is 4. The predicted octanol–water partition coefficient (Wildman–Crippen LogP) is 12.7. The Kier molecular flexibility index (Phi) is 6.79. The van der Waals surface area contributed by atoms with Gasteiger partial charge in [-0.3, -0.25) is 0 Å². The van der Waals surface area contributed by atoms with Gasteiger partial charge in [0.05, 0.1) is 11.0 Å². The van der Waals surface area contributed by atoms with E-state index in [0.717, 1.165) is 77.2 Å². The first-order chi connectivity index (χ1) is 26.8. The molecule has 0 saturated carbocycles. The minimum Gasteiger partial charge on any atom is -0.455 e. The van der Waals surface area contributed by atoms with E-state index >= 15 is 0 Å². The van der Waals surface area contributed by atoms with Crippen molar-refractivity contribution in [1.82, 2.24) is 19.5 Å². The Bertz CT molecular complexity index is 3160. The number of nitrogens with zero attached hydrogens (tertiary/aromatic N) is 4. The summed E-state index contributed by atoms with van der Waals surface area (Å²) in [5.74, 6) is 1.82. The molecule has 5 heteroatoms. The summed E-state index contributed by atoms with van der Waals surface area (Å²) in [5.41, 5.74) is 9.79. The molecule has 0 amide bonds. The number of aromatic nitrogens is 4. The van der Waals surface area contributed by atoms with Crippen LogP contribution in [-0.4, -0.2) is 19.5 Å². The molecular weight excluding hydrogens is 661 g/mol. The third-order valence-electron chi connectivity index (χ3n) is 10.4. The molecule has 8 aromatic carbocycles. The molecule has 0 bridgehead atoms. The van der Waals surface area contributed by atoms with E-state index in [1.165, 1.54) is 10.8 Å². The second-order valence-corrected chi connectivity index (χ2v) is 13.6. The smallest absolute Gasteiger partial charge is 0.164 e. The fourth-order valence-corrected chi connectivity index (χ4v) is 8.02. The van der Waals surface area contributed by atoms with Crippen molar-refractivity contribution in [2.75, 3.05) is 0 Å². The molecule has 54 heavy (non-hydrogen) atoms. The Hall–Kier alpha value is -7.37. The molecule has 0 aliphatic heterocycles. The summed E-state index contributed by atoms with van der Waals surface area (Å²) < 4.78 is 9.22. The first kappa shape index (κ1) is 30.3. The summed E-state index contributed by atoms with van der Waals surface area (Å²) in [6.45, 7) is 0. The lowest BCUT2D eigenvalue weighted by Crippen LogP contribution is -2.01. The molecule has 0 fully saturated rings. The third kappa shape index (κ3) is 4.76. The van der Waals surface area contributed by atoms with Crippen molar-refractivity contribution in [1.29, 1.82) is 0 Å². The van der Waals surface area contributed by atoms with Gasteiger partial charge in [-0.15, -0.1) is 0 Å². The Morgan fingerprint density at radius 1 is 0.389 bits per heavy atom. The summed E-state index contributed by atoms with van der Waals surface area (Å²) in [7, 11) is 0. The molecule has 0 atom stereocenters. The van der Waals surface area contributed by atoms with Crippen LogP contribution >= 0.6 is 0 Å². The van der Waals surface area contributed by atoms with Crippen molar-refractivity contribution in [3.8, 4) is 51.0 Å². The first-order valence-corrected chi connectivity index (χ1v) is 18.1. The van der Waals surface area contributed by atoms with Gasteiger partial charge in [0.1, 0.15) is 11.2 Å². The van der Waals surface area contributed by atoms with Crippen molar-refractivity contribution in [2.45, 2.75) is 0 Å². The zero-order valence-electron chi connectivity index (χ0n) is 29.0. The fourth-order valence-electron chi connectivity index (χ4n) is 8.02. The second kappa shape index (κ2) is 12.1. The molecule has 0 spiro atoms. The normalized spacial score (nSPS) is 11.7. The van der Waals surface area contributed by atoms with E-state index in [0.29, 0.717) is 17.5 Å². The Labute approximate surface area is 310 Å². The van der Waals surface area contributed by atoms with Gasteiger partial charge in [0.2, 0.25) is 0 Å². The van der Waals surface area contributed by atoms with Crippen molar-refractivity contribution in [3.05, 3.63) is 182 Å². The van der Waals surface area contributed by atoms with Crippen LogP contribution in [0.15, 0.2) is 186 Å². The molecule has 0 aliphatic carbocycles. The Balaban J connectivity index is 1.23. The van der Waals surface area contributed by atoms with Gasteiger partial charge in [0.15, 0.2) is 17.5 Å². The van der Waals surface area contributed by atoms with E-state index in [9.17, 15) is 0 Å². The molecule has 0 aliphatic rings. The van der Waals surface area contributed by atoms with E-state index in [-0.39, 0.29) is 0 Å².